The number of sulfonamides is 1. The summed E-state index contributed by atoms with van der Waals surface area (Å²) in [4.78, 5) is 23.4. The summed E-state index contributed by atoms with van der Waals surface area (Å²) in [6.07, 6.45) is 0. The number of carbonyl (C=O) groups excluding carboxylic acids is 1. The van der Waals surface area contributed by atoms with Gasteiger partial charge >= 0.3 is 5.97 Å². The zero-order valence-electron chi connectivity index (χ0n) is 17.6. The normalized spacial score (nSPS) is 11.1. The van der Waals surface area contributed by atoms with Crippen molar-refractivity contribution in [2.75, 3.05) is 18.9 Å². The second kappa shape index (κ2) is 10.5. The number of ether oxygens (including phenoxy) is 2. The molecule has 0 saturated carbocycles. The van der Waals surface area contributed by atoms with Gasteiger partial charge in [0.1, 0.15) is 5.75 Å². The molecule has 0 aliphatic heterocycles. The van der Waals surface area contributed by atoms with Gasteiger partial charge in [0, 0.05) is 17.0 Å². The minimum atomic E-state index is -4.33. The molecule has 0 unspecified atom stereocenters. The van der Waals surface area contributed by atoms with E-state index in [0.717, 1.165) is 24.9 Å². The highest BCUT2D eigenvalue weighted by Crippen LogP contribution is 2.38. The number of nitro groups is 1. The first-order valence-electron chi connectivity index (χ1n) is 9.26. The summed E-state index contributed by atoms with van der Waals surface area (Å²) in [7, 11) is -1.80. The predicted octanol–water partition coefficient (Wildman–Crippen LogP) is 5.65. The Morgan fingerprint density at radius 3 is 2.38 bits per heavy atom. The largest absolute Gasteiger partial charge is 0.497 e. The number of hydrogen-bond acceptors (Lipinski definition) is 8. The number of halogens is 2. The van der Waals surface area contributed by atoms with Gasteiger partial charge in [-0.3, -0.25) is 14.8 Å². The molecule has 0 heterocycles. The maximum atomic E-state index is 13.0. The number of hydrogen-bond donors (Lipinski definition) is 1. The fourth-order valence-corrected chi connectivity index (χ4v) is 5.18. The fourth-order valence-electron chi connectivity index (χ4n) is 2.79. The van der Waals surface area contributed by atoms with Crippen LogP contribution < -0.4 is 9.46 Å². The second-order valence-corrected chi connectivity index (χ2v) is 10.2. The van der Waals surface area contributed by atoms with E-state index in [0.29, 0.717) is 9.92 Å². The molecule has 0 amide bonds. The number of esters is 1. The van der Waals surface area contributed by atoms with Crippen molar-refractivity contribution in [3.63, 3.8) is 0 Å². The Balaban J connectivity index is 1.99. The SMILES string of the molecule is COC(=O)c1ccc(OC)cc1NS(=O)(=O)c1ccc(Sc2ccc(Cl)c(Cl)c2)c([N+](=O)[O-])c1. The van der Waals surface area contributed by atoms with E-state index in [1.807, 2.05) is 0 Å². The van der Waals surface area contributed by atoms with Gasteiger partial charge in [-0.25, -0.2) is 13.2 Å². The summed E-state index contributed by atoms with van der Waals surface area (Å²) in [6.45, 7) is 0. The minimum Gasteiger partial charge on any atom is -0.497 e. The lowest BCUT2D eigenvalue weighted by molar-refractivity contribution is -0.388. The van der Waals surface area contributed by atoms with Gasteiger partial charge < -0.3 is 9.47 Å². The smallest absolute Gasteiger partial charge is 0.339 e. The Kier molecular flexibility index (Phi) is 7.93. The van der Waals surface area contributed by atoms with E-state index in [-0.39, 0.29) is 31.8 Å². The van der Waals surface area contributed by atoms with Gasteiger partial charge in [0.15, 0.2) is 0 Å². The Hall–Kier alpha value is -2.99. The monoisotopic (exact) mass is 542 g/mol. The van der Waals surface area contributed by atoms with Crippen molar-refractivity contribution in [3.8, 4) is 5.75 Å². The van der Waals surface area contributed by atoms with E-state index in [9.17, 15) is 23.3 Å². The summed E-state index contributed by atoms with van der Waals surface area (Å²) in [5, 5.41) is 12.3. The molecule has 3 aromatic rings. The highest BCUT2D eigenvalue weighted by molar-refractivity contribution is 7.99. The number of nitrogens with zero attached hydrogens (tertiary/aromatic N) is 1. The van der Waals surface area contributed by atoms with Crippen LogP contribution in [0.4, 0.5) is 11.4 Å². The van der Waals surface area contributed by atoms with Crippen molar-refractivity contribution in [2.45, 2.75) is 14.7 Å². The molecule has 3 aromatic carbocycles. The van der Waals surface area contributed by atoms with E-state index >= 15 is 0 Å². The van der Waals surface area contributed by atoms with E-state index in [4.69, 9.17) is 27.9 Å². The molecule has 0 spiro atoms. The summed E-state index contributed by atoms with van der Waals surface area (Å²) in [6, 6.07) is 12.3. The topological polar surface area (TPSA) is 125 Å². The number of benzene rings is 3. The van der Waals surface area contributed by atoms with Crippen LogP contribution in [0.2, 0.25) is 10.0 Å². The molecule has 0 aliphatic rings. The van der Waals surface area contributed by atoms with Crippen LogP contribution in [-0.4, -0.2) is 33.5 Å². The van der Waals surface area contributed by atoms with Gasteiger partial charge in [-0.15, -0.1) is 0 Å². The van der Waals surface area contributed by atoms with Crippen LogP contribution in [0, 0.1) is 10.1 Å². The lowest BCUT2D eigenvalue weighted by Gasteiger charge is -2.13. The number of nitro benzene ring substituents is 1. The molecule has 9 nitrogen and oxygen atoms in total. The van der Waals surface area contributed by atoms with Crippen LogP contribution in [0.25, 0.3) is 0 Å². The summed E-state index contributed by atoms with van der Waals surface area (Å²) in [5.74, 6) is -0.496. The van der Waals surface area contributed by atoms with E-state index < -0.39 is 26.6 Å². The summed E-state index contributed by atoms with van der Waals surface area (Å²) < 4.78 is 38.1. The summed E-state index contributed by atoms with van der Waals surface area (Å²) >= 11 is 12.9. The quantitative estimate of drug-likeness (QED) is 0.220. The van der Waals surface area contributed by atoms with Crippen LogP contribution in [0.1, 0.15) is 10.4 Å². The molecule has 0 saturated heterocycles. The Morgan fingerprint density at radius 1 is 1.03 bits per heavy atom. The predicted molar refractivity (Wildman–Crippen MR) is 129 cm³/mol. The van der Waals surface area contributed by atoms with E-state index in [2.05, 4.69) is 9.46 Å². The van der Waals surface area contributed by atoms with Crippen LogP contribution in [0.5, 0.6) is 5.75 Å². The van der Waals surface area contributed by atoms with Crippen molar-refractivity contribution < 1.29 is 27.6 Å². The summed E-state index contributed by atoms with van der Waals surface area (Å²) in [5.41, 5.74) is -0.603. The van der Waals surface area contributed by atoms with Crippen LogP contribution in [0.3, 0.4) is 0 Å². The molecule has 3 rings (SSSR count). The first kappa shape index (κ1) is 25.6. The molecule has 1 N–H and O–H groups in total. The third-order valence-corrected chi connectivity index (χ3v) is 7.59. The third-order valence-electron chi connectivity index (χ3n) is 4.43. The molecule has 0 aromatic heterocycles. The average Bonchev–Trinajstić information content (AvgIpc) is 2.80. The zero-order valence-corrected chi connectivity index (χ0v) is 20.7. The molecule has 0 fully saturated rings. The lowest BCUT2D eigenvalue weighted by atomic mass is 10.2. The van der Waals surface area contributed by atoms with Gasteiger partial charge in [0.05, 0.1) is 50.2 Å². The second-order valence-electron chi connectivity index (χ2n) is 6.57. The van der Waals surface area contributed by atoms with Crippen LogP contribution in [-0.2, 0) is 14.8 Å². The van der Waals surface area contributed by atoms with Crippen molar-refractivity contribution in [1.29, 1.82) is 0 Å². The van der Waals surface area contributed by atoms with Crippen molar-refractivity contribution in [1.82, 2.24) is 0 Å². The molecule has 178 valence electrons. The number of carbonyl (C=O) groups is 1. The van der Waals surface area contributed by atoms with Gasteiger partial charge in [-0.1, -0.05) is 35.0 Å². The standard InChI is InChI=1S/C21H16Cl2N2O7S2/c1-31-12-3-6-15(21(26)32-2)18(9-12)24-34(29,30)14-5-8-20(19(11-14)25(27)28)33-13-4-7-16(22)17(23)10-13/h3-11,24H,1-2H3. The van der Waals surface area contributed by atoms with Gasteiger partial charge in [-0.05, 0) is 42.5 Å². The minimum absolute atomic E-state index is 0.0619. The maximum Gasteiger partial charge on any atom is 0.339 e. The average molecular weight is 543 g/mol. The van der Waals surface area contributed by atoms with Crippen molar-refractivity contribution >= 4 is 62.3 Å². The van der Waals surface area contributed by atoms with Crippen molar-refractivity contribution in [2.24, 2.45) is 0 Å². The van der Waals surface area contributed by atoms with E-state index in [1.165, 1.54) is 37.4 Å². The molecule has 0 bridgehead atoms. The lowest BCUT2D eigenvalue weighted by Crippen LogP contribution is -2.16. The van der Waals surface area contributed by atoms with Gasteiger partial charge in [0.2, 0.25) is 0 Å². The zero-order chi connectivity index (χ0) is 25.0. The van der Waals surface area contributed by atoms with Crippen LogP contribution >= 0.6 is 35.0 Å². The molecule has 0 radical (unpaired) electrons. The number of rotatable bonds is 8. The number of anilines is 1. The Bertz CT molecular complexity index is 1380. The highest BCUT2D eigenvalue weighted by atomic mass is 35.5. The fraction of sp³-hybridized carbons (Fsp3) is 0.0952. The number of nitrogens with one attached hydrogen (secondary N) is 1. The first-order valence-corrected chi connectivity index (χ1v) is 12.3. The molecule has 0 aliphatic carbocycles. The van der Waals surface area contributed by atoms with E-state index in [1.54, 1.807) is 18.2 Å². The first-order chi connectivity index (χ1) is 16.1. The van der Waals surface area contributed by atoms with Gasteiger partial charge in [0.25, 0.3) is 15.7 Å². The molecular weight excluding hydrogens is 527 g/mol. The Morgan fingerprint density at radius 2 is 1.76 bits per heavy atom. The van der Waals surface area contributed by atoms with Crippen molar-refractivity contribution in [3.05, 3.63) is 80.3 Å². The highest BCUT2D eigenvalue weighted by Gasteiger charge is 2.24. The molecule has 0 atom stereocenters. The number of methoxy groups -OCH3 is 2. The third kappa shape index (κ3) is 5.73. The van der Waals surface area contributed by atoms with Crippen LogP contribution in [0.15, 0.2) is 69.3 Å². The maximum absolute atomic E-state index is 13.0. The molecular formula is C21H16Cl2N2O7S2. The molecule has 13 heteroatoms. The van der Waals surface area contributed by atoms with Gasteiger partial charge in [-0.2, -0.15) is 0 Å². The molecule has 34 heavy (non-hydrogen) atoms. The Labute approximate surface area is 209 Å².